The first-order valence-corrected chi connectivity index (χ1v) is 12.9. The fourth-order valence-corrected chi connectivity index (χ4v) is 4.06. The number of nitrogens with zero attached hydrogens (tertiary/aromatic N) is 3. The van der Waals surface area contributed by atoms with Crippen molar-refractivity contribution in [1.29, 1.82) is 5.26 Å². The number of anilines is 2. The normalized spacial score (nSPS) is 11.5. The average Bonchev–Trinajstić information content (AvgIpc) is 2.98. The summed E-state index contributed by atoms with van der Waals surface area (Å²) in [6.45, 7) is 3.72. The molecule has 3 aromatic rings. The Kier molecular flexibility index (Phi) is 12.3. The highest BCUT2D eigenvalue weighted by molar-refractivity contribution is 5.99. The third-order valence-electron chi connectivity index (χ3n) is 6.15. The molecular weight excluding hydrogens is 567 g/mol. The van der Waals surface area contributed by atoms with Crippen molar-refractivity contribution in [3.8, 4) is 17.2 Å². The number of halogens is 3. The number of imide groups is 1. The van der Waals surface area contributed by atoms with Gasteiger partial charge in [0.05, 0.1) is 17.8 Å². The SMILES string of the molecule is CCC(=O)N(CC)C(=O)[C@H](Cc1cccc(N)c1C=NO)Nc1ccc(-c2ccccc2C#N)cc1.O=C(O)C(F)(F)F. The number of nitriles is 1. The van der Waals surface area contributed by atoms with Crippen LogP contribution < -0.4 is 11.1 Å². The van der Waals surface area contributed by atoms with Gasteiger partial charge in [0.15, 0.2) is 0 Å². The molecule has 0 aliphatic carbocycles. The van der Waals surface area contributed by atoms with Crippen molar-refractivity contribution in [3.63, 3.8) is 0 Å². The second-order valence-electron chi connectivity index (χ2n) is 8.93. The van der Waals surface area contributed by atoms with Crippen LogP contribution in [0.15, 0.2) is 71.9 Å². The molecule has 0 radical (unpaired) electrons. The van der Waals surface area contributed by atoms with E-state index in [0.29, 0.717) is 28.1 Å². The molecule has 10 nitrogen and oxygen atoms in total. The Morgan fingerprint density at radius 2 is 1.70 bits per heavy atom. The lowest BCUT2D eigenvalue weighted by atomic mass is 9.97. The predicted molar refractivity (Wildman–Crippen MR) is 154 cm³/mol. The molecule has 226 valence electrons. The van der Waals surface area contributed by atoms with Crippen molar-refractivity contribution in [2.75, 3.05) is 17.6 Å². The van der Waals surface area contributed by atoms with Gasteiger partial charge in [-0.25, -0.2) is 4.79 Å². The van der Waals surface area contributed by atoms with E-state index in [1.165, 1.54) is 11.1 Å². The zero-order valence-electron chi connectivity index (χ0n) is 23.3. The largest absolute Gasteiger partial charge is 0.490 e. The Morgan fingerprint density at radius 1 is 1.07 bits per heavy atom. The smallest absolute Gasteiger partial charge is 0.475 e. The number of carboxylic acid groups (broad SMARTS) is 1. The van der Waals surface area contributed by atoms with Gasteiger partial charge in [-0.15, -0.1) is 0 Å². The summed E-state index contributed by atoms with van der Waals surface area (Å²) in [5.41, 5.74) is 10.6. The zero-order valence-corrected chi connectivity index (χ0v) is 23.3. The molecule has 2 amide bonds. The number of nitrogen functional groups attached to an aromatic ring is 1. The van der Waals surface area contributed by atoms with Crippen LogP contribution in [-0.4, -0.2) is 58.0 Å². The lowest BCUT2D eigenvalue weighted by molar-refractivity contribution is -0.192. The van der Waals surface area contributed by atoms with Crippen LogP contribution in [0.25, 0.3) is 11.1 Å². The Balaban J connectivity index is 0.000000821. The first kappa shape index (κ1) is 33.8. The van der Waals surface area contributed by atoms with Crippen molar-refractivity contribution in [2.24, 2.45) is 5.16 Å². The minimum atomic E-state index is -5.08. The van der Waals surface area contributed by atoms with Gasteiger partial charge < -0.3 is 21.4 Å². The van der Waals surface area contributed by atoms with Gasteiger partial charge in [0.1, 0.15) is 6.04 Å². The van der Waals surface area contributed by atoms with E-state index in [1.54, 1.807) is 38.1 Å². The molecule has 0 heterocycles. The highest BCUT2D eigenvalue weighted by Gasteiger charge is 2.38. The van der Waals surface area contributed by atoms with Crippen molar-refractivity contribution in [1.82, 2.24) is 4.90 Å². The Morgan fingerprint density at radius 3 is 2.23 bits per heavy atom. The quantitative estimate of drug-likeness (QED) is 0.115. The second kappa shape index (κ2) is 15.6. The van der Waals surface area contributed by atoms with Gasteiger partial charge in [-0.2, -0.15) is 18.4 Å². The Labute approximate surface area is 245 Å². The number of hydrogen-bond donors (Lipinski definition) is 4. The van der Waals surface area contributed by atoms with Crippen LogP contribution in [0.1, 0.15) is 37.0 Å². The van der Waals surface area contributed by atoms with Crippen LogP contribution in [0.3, 0.4) is 0 Å². The molecule has 0 fully saturated rings. The fourth-order valence-electron chi connectivity index (χ4n) is 4.06. The summed E-state index contributed by atoms with van der Waals surface area (Å²) < 4.78 is 31.7. The maximum atomic E-state index is 13.5. The highest BCUT2D eigenvalue weighted by Crippen LogP contribution is 2.26. The fraction of sp³-hybridized carbons (Fsp3) is 0.233. The lowest BCUT2D eigenvalue weighted by Gasteiger charge is -2.27. The lowest BCUT2D eigenvalue weighted by Crippen LogP contribution is -2.47. The third kappa shape index (κ3) is 9.32. The summed E-state index contributed by atoms with van der Waals surface area (Å²) in [5.74, 6) is -3.38. The number of amides is 2. The summed E-state index contributed by atoms with van der Waals surface area (Å²) >= 11 is 0. The van der Waals surface area contributed by atoms with Crippen LogP contribution in [-0.2, 0) is 20.8 Å². The minimum Gasteiger partial charge on any atom is -0.475 e. The molecule has 5 N–H and O–H groups in total. The van der Waals surface area contributed by atoms with Gasteiger partial charge in [0.2, 0.25) is 5.91 Å². The van der Waals surface area contributed by atoms with Crippen LogP contribution >= 0.6 is 0 Å². The number of carbonyl (C=O) groups is 3. The first-order valence-electron chi connectivity index (χ1n) is 12.9. The molecular formula is C30H30F3N5O5. The first-order chi connectivity index (χ1) is 20.4. The Bertz CT molecular complexity index is 1500. The third-order valence-corrected chi connectivity index (χ3v) is 6.15. The molecule has 0 saturated carbocycles. The average molecular weight is 598 g/mol. The number of aliphatic carboxylic acids is 1. The zero-order chi connectivity index (χ0) is 32.2. The summed E-state index contributed by atoms with van der Waals surface area (Å²) in [7, 11) is 0. The van der Waals surface area contributed by atoms with E-state index in [-0.39, 0.29) is 31.2 Å². The van der Waals surface area contributed by atoms with Crippen molar-refractivity contribution < 1.29 is 37.9 Å². The van der Waals surface area contributed by atoms with Crippen LogP contribution in [0.5, 0.6) is 0 Å². The molecule has 3 rings (SSSR count). The van der Waals surface area contributed by atoms with E-state index in [1.807, 2.05) is 42.5 Å². The summed E-state index contributed by atoms with van der Waals surface area (Å²) in [5, 5.41) is 32.0. The molecule has 13 heteroatoms. The summed E-state index contributed by atoms with van der Waals surface area (Å²) in [6, 6.07) is 21.4. The second-order valence-corrected chi connectivity index (χ2v) is 8.93. The minimum absolute atomic E-state index is 0.206. The molecule has 0 spiro atoms. The number of carboxylic acids is 1. The Hall–Kier alpha value is -5.38. The van der Waals surface area contributed by atoms with Crippen molar-refractivity contribution in [2.45, 2.75) is 38.9 Å². The number of nitrogens with one attached hydrogen (secondary N) is 1. The number of alkyl halides is 3. The maximum Gasteiger partial charge on any atom is 0.490 e. The topological polar surface area (TPSA) is 169 Å². The molecule has 0 unspecified atom stereocenters. The van der Waals surface area contributed by atoms with Gasteiger partial charge in [-0.05, 0) is 47.9 Å². The van der Waals surface area contributed by atoms with E-state index in [9.17, 15) is 28.0 Å². The van der Waals surface area contributed by atoms with E-state index in [0.717, 1.165) is 11.1 Å². The maximum absolute atomic E-state index is 13.5. The molecule has 0 bridgehead atoms. The van der Waals surface area contributed by atoms with E-state index >= 15 is 0 Å². The van der Waals surface area contributed by atoms with Crippen LogP contribution in [0, 0.1) is 11.3 Å². The number of benzene rings is 3. The van der Waals surface area contributed by atoms with Gasteiger partial charge in [0, 0.05) is 36.3 Å². The number of hydrogen-bond acceptors (Lipinski definition) is 8. The summed E-state index contributed by atoms with van der Waals surface area (Å²) in [6.07, 6.45) is -3.43. The van der Waals surface area contributed by atoms with E-state index in [2.05, 4.69) is 16.5 Å². The molecule has 3 aromatic carbocycles. The number of rotatable bonds is 9. The van der Waals surface area contributed by atoms with Gasteiger partial charge in [0.25, 0.3) is 5.91 Å². The summed E-state index contributed by atoms with van der Waals surface area (Å²) in [4.78, 5) is 36.1. The highest BCUT2D eigenvalue weighted by atomic mass is 19.4. The standard InChI is InChI=1S/C28H29N5O3.C2HF3O2/c1-3-27(34)33(4-2)28(35)26(16-20-9-7-11-25(30)24(20)18-31-36)32-22-14-12-19(13-15-22)23-10-6-5-8-21(23)17-29;3-2(4,5)1(6)7/h5-15,18,26,32,36H,3-4,16,30H2,1-2H3;(H,6,7)/t26-;/m0./s1. The monoisotopic (exact) mass is 597 g/mol. The van der Waals surface area contributed by atoms with Gasteiger partial charge in [-0.1, -0.05) is 54.5 Å². The van der Waals surface area contributed by atoms with Crippen molar-refractivity contribution in [3.05, 3.63) is 83.4 Å². The number of likely N-dealkylation sites (N-methyl/N-ethyl adjacent to an activating group) is 1. The number of carbonyl (C=O) groups excluding carboxylic acids is 2. The molecule has 0 saturated heterocycles. The molecule has 0 aliphatic rings. The van der Waals surface area contributed by atoms with Gasteiger partial charge >= 0.3 is 12.1 Å². The molecule has 0 aromatic heterocycles. The van der Waals surface area contributed by atoms with Gasteiger partial charge in [-0.3, -0.25) is 14.5 Å². The van der Waals surface area contributed by atoms with E-state index < -0.39 is 18.2 Å². The van der Waals surface area contributed by atoms with Crippen LogP contribution in [0.4, 0.5) is 24.5 Å². The van der Waals surface area contributed by atoms with Crippen molar-refractivity contribution >= 4 is 35.4 Å². The predicted octanol–water partition coefficient (Wildman–Crippen LogP) is 5.06. The number of oxime groups is 1. The molecule has 43 heavy (non-hydrogen) atoms. The molecule has 0 aliphatic heterocycles. The van der Waals surface area contributed by atoms with E-state index in [4.69, 9.17) is 20.8 Å². The number of nitrogens with two attached hydrogens (primary N) is 1. The molecule has 1 atom stereocenters. The van der Waals surface area contributed by atoms with Crippen LogP contribution in [0.2, 0.25) is 0 Å².